The molecule has 5 heteroatoms. The number of unbranched alkanes of at least 4 members (excludes halogenated alkanes) is 1. The van der Waals surface area contributed by atoms with Crippen molar-refractivity contribution >= 4 is 23.2 Å². The van der Waals surface area contributed by atoms with E-state index in [9.17, 15) is 4.79 Å². The van der Waals surface area contributed by atoms with E-state index in [1.165, 1.54) is 0 Å². The molecule has 2 aromatic rings. The summed E-state index contributed by atoms with van der Waals surface area (Å²) < 4.78 is 0. The highest BCUT2D eigenvalue weighted by molar-refractivity contribution is 6.17. The lowest BCUT2D eigenvalue weighted by Gasteiger charge is -2.05. The summed E-state index contributed by atoms with van der Waals surface area (Å²) in [5, 5.41) is 9.67. The molecule has 4 nitrogen and oxygen atoms in total. The molecule has 2 N–H and O–H groups in total. The number of benzene rings is 1. The van der Waals surface area contributed by atoms with Crippen molar-refractivity contribution in [1.82, 2.24) is 10.2 Å². The number of rotatable bonds is 6. The average molecular weight is 278 g/mol. The molecule has 0 aliphatic heterocycles. The van der Waals surface area contributed by atoms with Crippen molar-refractivity contribution in [3.05, 3.63) is 36.5 Å². The van der Waals surface area contributed by atoms with Crippen LogP contribution in [0.4, 0.5) is 5.69 Å². The van der Waals surface area contributed by atoms with Crippen molar-refractivity contribution in [2.75, 3.05) is 11.2 Å². The maximum Gasteiger partial charge on any atom is 0.224 e. The van der Waals surface area contributed by atoms with Gasteiger partial charge in [0.25, 0.3) is 0 Å². The van der Waals surface area contributed by atoms with E-state index in [2.05, 4.69) is 15.5 Å². The Morgan fingerprint density at radius 3 is 2.63 bits per heavy atom. The lowest BCUT2D eigenvalue weighted by atomic mass is 10.1. The molecule has 0 atom stereocenters. The summed E-state index contributed by atoms with van der Waals surface area (Å²) in [6.07, 6.45) is 3.91. The molecule has 0 saturated heterocycles. The minimum Gasteiger partial charge on any atom is -0.326 e. The maximum absolute atomic E-state index is 11.6. The molecule has 0 aliphatic carbocycles. The summed E-state index contributed by atoms with van der Waals surface area (Å²) in [4.78, 5) is 11.6. The highest BCUT2D eigenvalue weighted by Gasteiger charge is 2.03. The molecule has 19 heavy (non-hydrogen) atoms. The minimum absolute atomic E-state index is 0.0272. The third kappa shape index (κ3) is 4.10. The first kappa shape index (κ1) is 13.6. The molecule has 1 heterocycles. The topological polar surface area (TPSA) is 57.8 Å². The van der Waals surface area contributed by atoms with Crippen molar-refractivity contribution in [2.24, 2.45) is 0 Å². The van der Waals surface area contributed by atoms with Gasteiger partial charge in [0.2, 0.25) is 5.91 Å². The molecule has 1 aromatic carbocycles. The van der Waals surface area contributed by atoms with Crippen LogP contribution in [0, 0.1) is 0 Å². The van der Waals surface area contributed by atoms with Gasteiger partial charge in [-0.2, -0.15) is 5.10 Å². The standard InChI is InChI=1S/C14H16ClN3O/c15-9-2-1-3-14(19)17-12-6-4-11(5-7-12)13-8-10-16-18-13/h4-8,10H,1-3,9H2,(H,16,18)(H,17,19). The summed E-state index contributed by atoms with van der Waals surface area (Å²) in [6.45, 7) is 0. The highest BCUT2D eigenvalue weighted by atomic mass is 35.5. The molecule has 0 radical (unpaired) electrons. The molecule has 1 aromatic heterocycles. The Labute approximate surface area is 117 Å². The normalized spacial score (nSPS) is 10.4. The first-order valence-corrected chi connectivity index (χ1v) is 6.78. The van der Waals surface area contributed by atoms with Crippen LogP contribution in [0.3, 0.4) is 0 Å². The predicted octanol–water partition coefficient (Wildman–Crippen LogP) is 3.42. The minimum atomic E-state index is 0.0272. The number of hydrogen-bond acceptors (Lipinski definition) is 2. The molecule has 2 rings (SSSR count). The van der Waals surface area contributed by atoms with E-state index in [-0.39, 0.29) is 5.91 Å². The zero-order valence-corrected chi connectivity index (χ0v) is 11.3. The number of anilines is 1. The lowest BCUT2D eigenvalue weighted by molar-refractivity contribution is -0.116. The molecule has 0 aliphatic rings. The smallest absolute Gasteiger partial charge is 0.224 e. The number of aromatic nitrogens is 2. The Balaban J connectivity index is 1.90. The van der Waals surface area contributed by atoms with Crippen LogP contribution in [0.1, 0.15) is 19.3 Å². The van der Waals surface area contributed by atoms with Crippen molar-refractivity contribution in [3.8, 4) is 11.3 Å². The number of nitrogens with one attached hydrogen (secondary N) is 2. The number of aromatic amines is 1. The van der Waals surface area contributed by atoms with E-state index < -0.39 is 0 Å². The van der Waals surface area contributed by atoms with E-state index in [1.54, 1.807) is 6.20 Å². The van der Waals surface area contributed by atoms with Gasteiger partial charge in [-0.3, -0.25) is 9.89 Å². The number of halogens is 1. The molecule has 0 spiro atoms. The molecule has 0 fully saturated rings. The van der Waals surface area contributed by atoms with E-state index in [0.29, 0.717) is 12.3 Å². The van der Waals surface area contributed by atoms with E-state index in [0.717, 1.165) is 29.8 Å². The van der Waals surface area contributed by atoms with Gasteiger partial charge in [0.05, 0.1) is 5.69 Å². The predicted molar refractivity (Wildman–Crippen MR) is 77.2 cm³/mol. The van der Waals surface area contributed by atoms with Gasteiger partial charge in [0.15, 0.2) is 0 Å². The molecular formula is C14H16ClN3O. The van der Waals surface area contributed by atoms with E-state index >= 15 is 0 Å². The molecule has 100 valence electrons. The number of H-pyrrole nitrogens is 1. The molecule has 0 unspecified atom stereocenters. The monoisotopic (exact) mass is 277 g/mol. The van der Waals surface area contributed by atoms with E-state index in [4.69, 9.17) is 11.6 Å². The number of amides is 1. The second-order valence-corrected chi connectivity index (χ2v) is 4.62. The van der Waals surface area contributed by atoms with Gasteiger partial charge in [0.1, 0.15) is 0 Å². The summed E-state index contributed by atoms with van der Waals surface area (Å²) in [6, 6.07) is 9.56. The van der Waals surface area contributed by atoms with Gasteiger partial charge in [-0.15, -0.1) is 11.6 Å². The van der Waals surface area contributed by atoms with Crippen molar-refractivity contribution < 1.29 is 4.79 Å². The number of carbonyl (C=O) groups is 1. The molecule has 1 amide bonds. The Bertz CT molecular complexity index is 508. The zero-order chi connectivity index (χ0) is 13.5. The van der Waals surface area contributed by atoms with Gasteiger partial charge in [-0.1, -0.05) is 12.1 Å². The fraction of sp³-hybridized carbons (Fsp3) is 0.286. The fourth-order valence-corrected chi connectivity index (χ4v) is 1.94. The largest absolute Gasteiger partial charge is 0.326 e. The number of carbonyl (C=O) groups excluding carboxylic acids is 1. The third-order valence-corrected chi connectivity index (χ3v) is 3.04. The Morgan fingerprint density at radius 1 is 1.21 bits per heavy atom. The van der Waals surface area contributed by atoms with Crippen LogP contribution in [-0.4, -0.2) is 22.0 Å². The highest BCUT2D eigenvalue weighted by Crippen LogP contribution is 2.19. The summed E-state index contributed by atoms with van der Waals surface area (Å²) in [5.41, 5.74) is 2.80. The second kappa shape index (κ2) is 6.95. The summed E-state index contributed by atoms with van der Waals surface area (Å²) in [5.74, 6) is 0.631. The van der Waals surface area contributed by atoms with Crippen molar-refractivity contribution in [2.45, 2.75) is 19.3 Å². The number of nitrogens with zero attached hydrogens (tertiary/aromatic N) is 1. The fourth-order valence-electron chi connectivity index (χ4n) is 1.75. The average Bonchev–Trinajstić information content (AvgIpc) is 2.94. The summed E-state index contributed by atoms with van der Waals surface area (Å²) in [7, 11) is 0. The van der Waals surface area contributed by atoms with Gasteiger partial charge in [-0.25, -0.2) is 0 Å². The Kier molecular flexibility index (Phi) is 4.98. The van der Waals surface area contributed by atoms with Crippen molar-refractivity contribution in [1.29, 1.82) is 0 Å². The third-order valence-electron chi connectivity index (χ3n) is 2.77. The van der Waals surface area contributed by atoms with Crippen LogP contribution in [0.5, 0.6) is 0 Å². The first-order chi connectivity index (χ1) is 9.29. The van der Waals surface area contributed by atoms with Gasteiger partial charge in [-0.05, 0) is 36.6 Å². The van der Waals surface area contributed by atoms with Gasteiger partial charge in [0, 0.05) is 24.2 Å². The van der Waals surface area contributed by atoms with E-state index in [1.807, 2.05) is 30.3 Å². The van der Waals surface area contributed by atoms with Gasteiger partial charge < -0.3 is 5.32 Å². The second-order valence-electron chi connectivity index (χ2n) is 4.24. The maximum atomic E-state index is 11.6. The van der Waals surface area contributed by atoms with Crippen LogP contribution >= 0.6 is 11.6 Å². The molecule has 0 saturated carbocycles. The Morgan fingerprint density at radius 2 is 2.00 bits per heavy atom. The van der Waals surface area contributed by atoms with Crippen LogP contribution in [0.15, 0.2) is 36.5 Å². The quantitative estimate of drug-likeness (QED) is 0.628. The Hall–Kier alpha value is -1.81. The number of hydrogen-bond donors (Lipinski definition) is 2. The molecule has 0 bridgehead atoms. The first-order valence-electron chi connectivity index (χ1n) is 6.25. The van der Waals surface area contributed by atoms with Crippen LogP contribution in [0.2, 0.25) is 0 Å². The van der Waals surface area contributed by atoms with Crippen LogP contribution in [0.25, 0.3) is 11.3 Å². The number of alkyl halides is 1. The SMILES string of the molecule is O=C(CCCCCl)Nc1ccc(-c2ccn[nH]2)cc1. The summed E-state index contributed by atoms with van der Waals surface area (Å²) >= 11 is 5.57. The lowest BCUT2D eigenvalue weighted by Crippen LogP contribution is -2.10. The van der Waals surface area contributed by atoms with Crippen LogP contribution in [-0.2, 0) is 4.79 Å². The molecular weight excluding hydrogens is 262 g/mol. The van der Waals surface area contributed by atoms with Crippen molar-refractivity contribution in [3.63, 3.8) is 0 Å². The van der Waals surface area contributed by atoms with Crippen LogP contribution < -0.4 is 5.32 Å². The van der Waals surface area contributed by atoms with Gasteiger partial charge >= 0.3 is 0 Å². The zero-order valence-electron chi connectivity index (χ0n) is 10.5.